The first kappa shape index (κ1) is 20.2. The number of aryl methyl sites for hydroxylation is 1. The van der Waals surface area contributed by atoms with E-state index in [0.717, 1.165) is 23.5 Å². The number of nitrogens with one attached hydrogen (secondary N) is 1. The molecule has 0 unspecified atom stereocenters. The molecule has 1 aromatic rings. The van der Waals surface area contributed by atoms with Gasteiger partial charge in [0.15, 0.2) is 0 Å². The molecule has 0 saturated carbocycles. The minimum absolute atomic E-state index is 0.213. The van der Waals surface area contributed by atoms with Gasteiger partial charge in [-0.25, -0.2) is 4.79 Å². The van der Waals surface area contributed by atoms with Gasteiger partial charge < -0.3 is 10.4 Å². The van der Waals surface area contributed by atoms with Gasteiger partial charge in [-0.3, -0.25) is 9.48 Å². The zero-order valence-corrected chi connectivity index (χ0v) is 15.7. The van der Waals surface area contributed by atoms with Crippen molar-refractivity contribution in [3.8, 4) is 0 Å². The van der Waals surface area contributed by atoms with Crippen LogP contribution in [0.1, 0.15) is 57.5 Å². The largest absolute Gasteiger partial charge is 0.480 e. The molecule has 0 aliphatic rings. The summed E-state index contributed by atoms with van der Waals surface area (Å²) < 4.78 is 1.99. The van der Waals surface area contributed by atoms with Crippen LogP contribution in [-0.4, -0.2) is 32.8 Å². The summed E-state index contributed by atoms with van der Waals surface area (Å²) in [6.45, 7) is 13.0. The molecule has 136 valence electrons. The Morgan fingerprint density at radius 3 is 2.29 bits per heavy atom. The number of nitrogens with zero attached hydrogens (tertiary/aromatic N) is 2. The molecule has 0 aliphatic carbocycles. The van der Waals surface area contributed by atoms with E-state index in [0.29, 0.717) is 18.8 Å². The Balaban J connectivity index is 2.67. The van der Waals surface area contributed by atoms with Crippen molar-refractivity contribution in [1.29, 1.82) is 0 Å². The molecule has 1 atom stereocenters. The fraction of sp³-hybridized carbons (Fsp3) is 0.722. The van der Waals surface area contributed by atoms with Gasteiger partial charge in [-0.2, -0.15) is 5.10 Å². The number of carbonyl (C=O) groups excluding carboxylic acids is 1. The smallest absolute Gasteiger partial charge is 0.326 e. The van der Waals surface area contributed by atoms with E-state index in [-0.39, 0.29) is 18.2 Å². The maximum absolute atomic E-state index is 12.1. The maximum Gasteiger partial charge on any atom is 0.326 e. The topological polar surface area (TPSA) is 84.2 Å². The first-order valence-electron chi connectivity index (χ1n) is 8.66. The molecule has 0 radical (unpaired) electrons. The Labute approximate surface area is 144 Å². The minimum atomic E-state index is -0.978. The molecule has 6 heteroatoms. The number of hydrogen-bond donors (Lipinski definition) is 2. The minimum Gasteiger partial charge on any atom is -0.480 e. The lowest BCUT2D eigenvalue weighted by atomic mass is 10.0. The molecule has 6 nitrogen and oxygen atoms in total. The highest BCUT2D eigenvalue weighted by Crippen LogP contribution is 2.16. The summed E-state index contributed by atoms with van der Waals surface area (Å²) in [7, 11) is 0. The molecule has 1 amide bonds. The van der Waals surface area contributed by atoms with E-state index >= 15 is 0 Å². The normalized spacial score (nSPS) is 12.7. The summed E-state index contributed by atoms with van der Waals surface area (Å²) in [5.74, 6) is -0.482. The quantitative estimate of drug-likeness (QED) is 0.725. The highest BCUT2D eigenvalue weighted by molar-refractivity contribution is 5.83. The van der Waals surface area contributed by atoms with Crippen LogP contribution in [-0.2, 0) is 22.6 Å². The molecule has 0 aromatic carbocycles. The third-order valence-corrected chi connectivity index (χ3v) is 4.01. The summed E-state index contributed by atoms with van der Waals surface area (Å²) in [6, 6.07) is -0.816. The zero-order chi connectivity index (χ0) is 18.4. The van der Waals surface area contributed by atoms with E-state index in [1.54, 1.807) is 0 Å². The number of rotatable bonds is 9. The Kier molecular flexibility index (Phi) is 7.45. The summed E-state index contributed by atoms with van der Waals surface area (Å²) >= 11 is 0. The highest BCUT2D eigenvalue weighted by atomic mass is 16.4. The third kappa shape index (κ3) is 5.98. The van der Waals surface area contributed by atoms with Crippen molar-refractivity contribution in [1.82, 2.24) is 15.1 Å². The van der Waals surface area contributed by atoms with Gasteiger partial charge in [-0.1, -0.05) is 27.7 Å². The third-order valence-electron chi connectivity index (χ3n) is 4.01. The van der Waals surface area contributed by atoms with Gasteiger partial charge >= 0.3 is 5.97 Å². The zero-order valence-electron chi connectivity index (χ0n) is 15.7. The average Bonchev–Trinajstić information content (AvgIpc) is 2.69. The molecule has 1 aromatic heterocycles. The highest BCUT2D eigenvalue weighted by Gasteiger charge is 2.21. The van der Waals surface area contributed by atoms with Crippen LogP contribution in [0.5, 0.6) is 0 Å². The number of aromatic nitrogens is 2. The molecule has 1 rings (SSSR count). The standard InChI is InChI=1S/C18H31N3O3/c1-11(2)9-16(18(23)24)19-17(22)8-7-15-13(5)20-21(14(15)6)10-12(3)4/h11-12,16H,7-10H2,1-6H3,(H,19,22)(H,23,24)/t16-/m0/s1. The second-order valence-electron chi connectivity index (χ2n) is 7.31. The first-order chi connectivity index (χ1) is 11.1. The van der Waals surface area contributed by atoms with Crippen LogP contribution in [0.4, 0.5) is 0 Å². The van der Waals surface area contributed by atoms with E-state index in [4.69, 9.17) is 0 Å². The van der Waals surface area contributed by atoms with Crippen molar-refractivity contribution in [2.45, 2.75) is 73.4 Å². The Bertz CT molecular complexity index is 576. The van der Waals surface area contributed by atoms with Crippen molar-refractivity contribution < 1.29 is 14.7 Å². The van der Waals surface area contributed by atoms with Crippen LogP contribution < -0.4 is 5.32 Å². The van der Waals surface area contributed by atoms with Crippen LogP contribution in [0.2, 0.25) is 0 Å². The van der Waals surface area contributed by atoms with E-state index in [1.165, 1.54) is 0 Å². The van der Waals surface area contributed by atoms with Gasteiger partial charge in [0.1, 0.15) is 6.04 Å². The predicted octanol–water partition coefficient (Wildman–Crippen LogP) is 2.70. The van der Waals surface area contributed by atoms with Gasteiger partial charge in [0.05, 0.1) is 5.69 Å². The fourth-order valence-electron chi connectivity index (χ4n) is 2.82. The first-order valence-corrected chi connectivity index (χ1v) is 8.66. The Hall–Kier alpha value is -1.85. The summed E-state index contributed by atoms with van der Waals surface area (Å²) in [5.41, 5.74) is 3.12. The lowest BCUT2D eigenvalue weighted by Crippen LogP contribution is -2.41. The van der Waals surface area contributed by atoms with Crippen LogP contribution in [0.25, 0.3) is 0 Å². The van der Waals surface area contributed by atoms with E-state index in [1.807, 2.05) is 32.4 Å². The molecular formula is C18H31N3O3. The number of carbonyl (C=O) groups is 2. The SMILES string of the molecule is Cc1nn(CC(C)C)c(C)c1CCC(=O)N[C@@H](CC(C)C)C(=O)O. The van der Waals surface area contributed by atoms with E-state index in [9.17, 15) is 14.7 Å². The predicted molar refractivity (Wildman–Crippen MR) is 93.9 cm³/mol. The molecule has 0 fully saturated rings. The van der Waals surface area contributed by atoms with Gasteiger partial charge in [0.25, 0.3) is 0 Å². The summed E-state index contributed by atoms with van der Waals surface area (Å²) in [6.07, 6.45) is 1.29. The van der Waals surface area contributed by atoms with Crippen molar-refractivity contribution in [3.05, 3.63) is 17.0 Å². The lowest BCUT2D eigenvalue weighted by molar-refractivity contribution is -0.142. The van der Waals surface area contributed by atoms with E-state index < -0.39 is 12.0 Å². The van der Waals surface area contributed by atoms with Crippen molar-refractivity contribution in [2.75, 3.05) is 0 Å². The number of hydrogen-bond acceptors (Lipinski definition) is 3. The lowest BCUT2D eigenvalue weighted by Gasteiger charge is -2.16. The molecular weight excluding hydrogens is 306 g/mol. The molecule has 24 heavy (non-hydrogen) atoms. The molecule has 2 N–H and O–H groups in total. The van der Waals surface area contributed by atoms with Crippen LogP contribution in [0.3, 0.4) is 0 Å². The van der Waals surface area contributed by atoms with Gasteiger partial charge in [-0.05, 0) is 44.1 Å². The van der Waals surface area contributed by atoms with Crippen LogP contribution in [0, 0.1) is 25.7 Å². The van der Waals surface area contributed by atoms with Crippen LogP contribution in [0.15, 0.2) is 0 Å². The number of amides is 1. The molecule has 0 aliphatic heterocycles. The number of carboxylic acid groups (broad SMARTS) is 1. The molecule has 0 bridgehead atoms. The maximum atomic E-state index is 12.1. The Morgan fingerprint density at radius 2 is 1.79 bits per heavy atom. The number of aliphatic carboxylic acids is 1. The summed E-state index contributed by atoms with van der Waals surface area (Å²) in [4.78, 5) is 23.3. The van der Waals surface area contributed by atoms with Gasteiger partial charge in [0, 0.05) is 18.7 Å². The van der Waals surface area contributed by atoms with Crippen molar-refractivity contribution >= 4 is 11.9 Å². The second kappa shape index (κ2) is 8.85. The molecule has 1 heterocycles. The average molecular weight is 337 g/mol. The van der Waals surface area contributed by atoms with Crippen molar-refractivity contribution in [2.24, 2.45) is 11.8 Å². The van der Waals surface area contributed by atoms with E-state index in [2.05, 4.69) is 24.3 Å². The second-order valence-corrected chi connectivity index (χ2v) is 7.31. The summed E-state index contributed by atoms with van der Waals surface area (Å²) in [5, 5.41) is 16.4. The van der Waals surface area contributed by atoms with Gasteiger partial charge in [-0.15, -0.1) is 0 Å². The molecule has 0 spiro atoms. The number of carboxylic acids is 1. The van der Waals surface area contributed by atoms with Crippen molar-refractivity contribution in [3.63, 3.8) is 0 Å². The fourth-order valence-corrected chi connectivity index (χ4v) is 2.82. The Morgan fingerprint density at radius 1 is 1.17 bits per heavy atom. The van der Waals surface area contributed by atoms with Crippen LogP contribution >= 0.6 is 0 Å². The molecule has 0 saturated heterocycles. The van der Waals surface area contributed by atoms with Gasteiger partial charge in [0.2, 0.25) is 5.91 Å². The monoisotopic (exact) mass is 337 g/mol.